The predicted octanol–water partition coefficient (Wildman–Crippen LogP) is 1.78. The normalized spacial score (nSPS) is 20.1. The maximum Gasteiger partial charge on any atom is 0.0588 e. The Morgan fingerprint density at radius 1 is 1.38 bits per heavy atom. The molecule has 3 heteroatoms. The first-order valence-electron chi connectivity index (χ1n) is 6.17. The quantitative estimate of drug-likeness (QED) is 0.742. The Bertz CT molecular complexity index is 283. The fourth-order valence-corrected chi connectivity index (χ4v) is 2.02. The molecule has 2 heterocycles. The summed E-state index contributed by atoms with van der Waals surface area (Å²) in [7, 11) is 0. The molecule has 2 rings (SSSR count). The molecule has 88 valence electrons. The van der Waals surface area contributed by atoms with Gasteiger partial charge in [-0.25, -0.2) is 0 Å². The molecular weight excluding hydrogens is 200 g/mol. The third-order valence-electron chi connectivity index (χ3n) is 2.95. The molecule has 0 radical (unpaired) electrons. The van der Waals surface area contributed by atoms with Gasteiger partial charge in [0.1, 0.15) is 0 Å². The number of aromatic nitrogens is 1. The van der Waals surface area contributed by atoms with E-state index in [0.29, 0.717) is 6.10 Å². The zero-order valence-electron chi connectivity index (χ0n) is 9.69. The Morgan fingerprint density at radius 2 is 2.38 bits per heavy atom. The van der Waals surface area contributed by atoms with E-state index < -0.39 is 0 Å². The molecule has 0 bridgehead atoms. The lowest BCUT2D eigenvalue weighted by Crippen LogP contribution is -2.22. The van der Waals surface area contributed by atoms with E-state index in [2.05, 4.69) is 16.4 Å². The highest BCUT2D eigenvalue weighted by atomic mass is 16.5. The Hall–Kier alpha value is -0.930. The van der Waals surface area contributed by atoms with Crippen LogP contribution in [0.15, 0.2) is 24.4 Å². The van der Waals surface area contributed by atoms with Crippen molar-refractivity contribution < 1.29 is 4.74 Å². The molecule has 1 atom stereocenters. The maximum absolute atomic E-state index is 5.57. The number of hydrogen-bond acceptors (Lipinski definition) is 3. The molecule has 1 aromatic rings. The Labute approximate surface area is 97.2 Å². The van der Waals surface area contributed by atoms with Crippen molar-refractivity contribution in [3.63, 3.8) is 0 Å². The monoisotopic (exact) mass is 220 g/mol. The van der Waals surface area contributed by atoms with Crippen molar-refractivity contribution in [2.45, 2.75) is 31.8 Å². The van der Waals surface area contributed by atoms with Gasteiger partial charge in [-0.2, -0.15) is 0 Å². The largest absolute Gasteiger partial charge is 0.378 e. The molecule has 0 aromatic carbocycles. The summed E-state index contributed by atoms with van der Waals surface area (Å²) in [5.74, 6) is 0. The van der Waals surface area contributed by atoms with Crippen LogP contribution in [-0.4, -0.2) is 30.8 Å². The van der Waals surface area contributed by atoms with Crippen LogP contribution < -0.4 is 5.32 Å². The number of nitrogens with zero attached hydrogens (tertiary/aromatic N) is 1. The third-order valence-corrected chi connectivity index (χ3v) is 2.95. The predicted molar refractivity (Wildman–Crippen MR) is 64.4 cm³/mol. The Balaban J connectivity index is 1.52. The van der Waals surface area contributed by atoms with Crippen LogP contribution in [0.1, 0.15) is 25.0 Å². The molecular formula is C13H20N2O. The van der Waals surface area contributed by atoms with Gasteiger partial charge in [-0.3, -0.25) is 4.98 Å². The number of rotatable bonds is 6. The van der Waals surface area contributed by atoms with Gasteiger partial charge in [0, 0.05) is 31.5 Å². The van der Waals surface area contributed by atoms with Gasteiger partial charge >= 0.3 is 0 Å². The fraction of sp³-hybridized carbons (Fsp3) is 0.615. The van der Waals surface area contributed by atoms with Gasteiger partial charge in [-0.1, -0.05) is 6.07 Å². The van der Waals surface area contributed by atoms with Crippen LogP contribution in [0.5, 0.6) is 0 Å². The zero-order chi connectivity index (χ0) is 11.1. The molecule has 1 fully saturated rings. The van der Waals surface area contributed by atoms with E-state index in [-0.39, 0.29) is 0 Å². The van der Waals surface area contributed by atoms with Crippen LogP contribution in [0.2, 0.25) is 0 Å². The van der Waals surface area contributed by atoms with Crippen molar-refractivity contribution in [3.8, 4) is 0 Å². The van der Waals surface area contributed by atoms with E-state index in [1.807, 2.05) is 18.3 Å². The molecule has 0 saturated carbocycles. The fourth-order valence-electron chi connectivity index (χ4n) is 2.02. The first-order valence-corrected chi connectivity index (χ1v) is 6.17. The van der Waals surface area contributed by atoms with E-state index in [0.717, 1.165) is 38.2 Å². The maximum atomic E-state index is 5.57. The van der Waals surface area contributed by atoms with Gasteiger partial charge in [-0.15, -0.1) is 0 Å². The van der Waals surface area contributed by atoms with Crippen molar-refractivity contribution in [3.05, 3.63) is 30.1 Å². The van der Waals surface area contributed by atoms with Crippen LogP contribution in [0, 0.1) is 0 Å². The van der Waals surface area contributed by atoms with Crippen molar-refractivity contribution in [1.29, 1.82) is 0 Å². The van der Waals surface area contributed by atoms with Gasteiger partial charge < -0.3 is 10.1 Å². The van der Waals surface area contributed by atoms with E-state index in [9.17, 15) is 0 Å². The SMILES string of the molecule is c1ccc(CCNCCC2CCCO2)nc1. The molecule has 0 spiro atoms. The van der Waals surface area contributed by atoms with Crippen molar-refractivity contribution in [2.75, 3.05) is 19.7 Å². The lowest BCUT2D eigenvalue weighted by atomic mass is 10.2. The summed E-state index contributed by atoms with van der Waals surface area (Å²) in [5.41, 5.74) is 1.16. The summed E-state index contributed by atoms with van der Waals surface area (Å²) >= 11 is 0. The van der Waals surface area contributed by atoms with Crippen molar-refractivity contribution in [1.82, 2.24) is 10.3 Å². The second-order valence-electron chi connectivity index (χ2n) is 4.24. The lowest BCUT2D eigenvalue weighted by Gasteiger charge is -2.09. The third kappa shape index (κ3) is 3.91. The first kappa shape index (κ1) is 11.6. The van der Waals surface area contributed by atoms with E-state index >= 15 is 0 Å². The molecule has 1 aliphatic rings. The molecule has 1 unspecified atom stereocenters. The Kier molecular flexibility index (Phi) is 4.77. The second kappa shape index (κ2) is 6.61. The minimum Gasteiger partial charge on any atom is -0.378 e. The summed E-state index contributed by atoms with van der Waals surface area (Å²) in [6.07, 6.45) is 6.97. The highest BCUT2D eigenvalue weighted by molar-refractivity contribution is 5.03. The minimum absolute atomic E-state index is 0.502. The molecule has 1 aromatic heterocycles. The highest BCUT2D eigenvalue weighted by Gasteiger charge is 2.14. The van der Waals surface area contributed by atoms with Gasteiger partial charge in [-0.05, 0) is 37.9 Å². The molecule has 1 N–H and O–H groups in total. The zero-order valence-corrected chi connectivity index (χ0v) is 9.69. The number of pyridine rings is 1. The molecule has 16 heavy (non-hydrogen) atoms. The molecule has 3 nitrogen and oxygen atoms in total. The van der Waals surface area contributed by atoms with Crippen LogP contribution in [0.25, 0.3) is 0 Å². The number of hydrogen-bond donors (Lipinski definition) is 1. The average molecular weight is 220 g/mol. The second-order valence-corrected chi connectivity index (χ2v) is 4.24. The lowest BCUT2D eigenvalue weighted by molar-refractivity contribution is 0.104. The molecule has 0 amide bonds. The van der Waals surface area contributed by atoms with E-state index in [1.54, 1.807) is 0 Å². The van der Waals surface area contributed by atoms with E-state index in [4.69, 9.17) is 4.74 Å². The van der Waals surface area contributed by atoms with Gasteiger partial charge in [0.25, 0.3) is 0 Å². The summed E-state index contributed by atoms with van der Waals surface area (Å²) in [6.45, 7) is 3.01. The van der Waals surface area contributed by atoms with Crippen LogP contribution in [0.4, 0.5) is 0 Å². The standard InChI is InChI=1S/C13H20N2O/c1-2-8-15-12(4-1)6-9-14-10-7-13-5-3-11-16-13/h1-2,4,8,13-14H,3,5-7,9-11H2. The first-order chi connectivity index (χ1) is 7.95. The number of ether oxygens (including phenoxy) is 1. The smallest absolute Gasteiger partial charge is 0.0588 e. The van der Waals surface area contributed by atoms with E-state index in [1.165, 1.54) is 12.8 Å². The van der Waals surface area contributed by atoms with Crippen molar-refractivity contribution >= 4 is 0 Å². The van der Waals surface area contributed by atoms with Crippen LogP contribution in [0.3, 0.4) is 0 Å². The molecule has 0 aliphatic carbocycles. The Morgan fingerprint density at radius 3 is 3.12 bits per heavy atom. The highest BCUT2D eigenvalue weighted by Crippen LogP contribution is 2.14. The van der Waals surface area contributed by atoms with Gasteiger partial charge in [0.2, 0.25) is 0 Å². The summed E-state index contributed by atoms with van der Waals surface area (Å²) in [5, 5.41) is 3.44. The van der Waals surface area contributed by atoms with Crippen LogP contribution in [-0.2, 0) is 11.2 Å². The van der Waals surface area contributed by atoms with Crippen LogP contribution >= 0.6 is 0 Å². The number of nitrogens with one attached hydrogen (secondary N) is 1. The average Bonchev–Trinajstić information content (AvgIpc) is 2.83. The topological polar surface area (TPSA) is 34.1 Å². The van der Waals surface area contributed by atoms with Gasteiger partial charge in [0.05, 0.1) is 6.10 Å². The molecule has 1 saturated heterocycles. The summed E-state index contributed by atoms with van der Waals surface area (Å²) in [6, 6.07) is 6.06. The minimum atomic E-state index is 0.502. The summed E-state index contributed by atoms with van der Waals surface area (Å²) in [4.78, 5) is 4.29. The molecule has 1 aliphatic heterocycles. The van der Waals surface area contributed by atoms with Crippen molar-refractivity contribution in [2.24, 2.45) is 0 Å². The van der Waals surface area contributed by atoms with Gasteiger partial charge in [0.15, 0.2) is 0 Å². The summed E-state index contributed by atoms with van der Waals surface area (Å²) < 4.78 is 5.57.